The number of pyridine rings is 1. The van der Waals surface area contributed by atoms with Gasteiger partial charge in [-0.15, -0.1) is 0 Å². The summed E-state index contributed by atoms with van der Waals surface area (Å²) in [7, 11) is 0. The lowest BCUT2D eigenvalue weighted by atomic mass is 10.0. The third-order valence-electron chi connectivity index (χ3n) is 3.30. The van der Waals surface area contributed by atoms with Gasteiger partial charge in [0.15, 0.2) is 0 Å². The number of hydrogen-bond donors (Lipinski definition) is 1. The van der Waals surface area contributed by atoms with Gasteiger partial charge in [0.2, 0.25) is 0 Å². The van der Waals surface area contributed by atoms with Gasteiger partial charge < -0.3 is 5.11 Å². The minimum atomic E-state index is -0.323. The lowest BCUT2D eigenvalue weighted by Crippen LogP contribution is -2.12. The maximum Gasteiger partial charge on any atom is 0.0598 e. The fourth-order valence-corrected chi connectivity index (χ4v) is 2.05. The van der Waals surface area contributed by atoms with E-state index in [1.54, 1.807) is 0 Å². The van der Waals surface area contributed by atoms with Gasteiger partial charge in [-0.1, -0.05) is 35.9 Å². The predicted molar refractivity (Wildman–Crippen MR) is 78.2 cm³/mol. The highest BCUT2D eigenvalue weighted by Crippen LogP contribution is 2.10. The first-order valence-corrected chi connectivity index (χ1v) is 6.78. The van der Waals surface area contributed by atoms with Crippen molar-refractivity contribution < 1.29 is 5.11 Å². The van der Waals surface area contributed by atoms with Crippen LogP contribution in [0.1, 0.15) is 28.8 Å². The SMILES string of the molecule is Cc1ccc(CCC(O)Cc2ccc(C)cn2)cc1. The monoisotopic (exact) mass is 255 g/mol. The Balaban J connectivity index is 1.82. The van der Waals surface area contributed by atoms with Crippen LogP contribution in [-0.2, 0) is 12.8 Å². The van der Waals surface area contributed by atoms with Gasteiger partial charge in [-0.2, -0.15) is 0 Å². The molecule has 0 fully saturated rings. The highest BCUT2D eigenvalue weighted by molar-refractivity contribution is 5.21. The van der Waals surface area contributed by atoms with Crippen molar-refractivity contribution in [2.75, 3.05) is 0 Å². The Morgan fingerprint density at radius 1 is 1.00 bits per heavy atom. The number of benzene rings is 1. The molecular weight excluding hydrogens is 234 g/mol. The summed E-state index contributed by atoms with van der Waals surface area (Å²) in [5.74, 6) is 0. The van der Waals surface area contributed by atoms with E-state index in [9.17, 15) is 5.11 Å². The van der Waals surface area contributed by atoms with Crippen LogP contribution in [0.25, 0.3) is 0 Å². The first-order chi connectivity index (χ1) is 9.13. The van der Waals surface area contributed by atoms with Gasteiger partial charge in [-0.3, -0.25) is 4.98 Å². The normalized spacial score (nSPS) is 12.4. The van der Waals surface area contributed by atoms with Crippen LogP contribution in [0.4, 0.5) is 0 Å². The number of aromatic nitrogens is 1. The van der Waals surface area contributed by atoms with Gasteiger partial charge in [0.25, 0.3) is 0 Å². The molecule has 1 aromatic carbocycles. The maximum absolute atomic E-state index is 10.0. The van der Waals surface area contributed by atoms with Crippen molar-refractivity contribution in [3.8, 4) is 0 Å². The Morgan fingerprint density at radius 3 is 2.32 bits per heavy atom. The first-order valence-electron chi connectivity index (χ1n) is 6.78. The molecule has 19 heavy (non-hydrogen) atoms. The molecule has 2 rings (SSSR count). The minimum absolute atomic E-state index is 0.323. The topological polar surface area (TPSA) is 33.1 Å². The van der Waals surface area contributed by atoms with Crippen molar-refractivity contribution in [1.29, 1.82) is 0 Å². The molecule has 0 amide bonds. The van der Waals surface area contributed by atoms with Crippen LogP contribution in [0.2, 0.25) is 0 Å². The van der Waals surface area contributed by atoms with Crippen molar-refractivity contribution >= 4 is 0 Å². The van der Waals surface area contributed by atoms with Crippen molar-refractivity contribution in [1.82, 2.24) is 4.98 Å². The van der Waals surface area contributed by atoms with E-state index in [1.165, 1.54) is 11.1 Å². The van der Waals surface area contributed by atoms with Crippen LogP contribution >= 0.6 is 0 Å². The Hall–Kier alpha value is -1.67. The van der Waals surface area contributed by atoms with E-state index in [2.05, 4.69) is 36.2 Å². The van der Waals surface area contributed by atoms with Crippen LogP contribution in [0.5, 0.6) is 0 Å². The average molecular weight is 255 g/mol. The second-order valence-corrected chi connectivity index (χ2v) is 5.21. The summed E-state index contributed by atoms with van der Waals surface area (Å²) in [6.07, 6.45) is 3.84. The Morgan fingerprint density at radius 2 is 1.68 bits per heavy atom. The first kappa shape index (κ1) is 13.8. The molecule has 0 aliphatic heterocycles. The van der Waals surface area contributed by atoms with E-state index in [4.69, 9.17) is 0 Å². The second kappa shape index (κ2) is 6.48. The molecule has 0 spiro atoms. The summed E-state index contributed by atoms with van der Waals surface area (Å²) in [6, 6.07) is 12.5. The molecule has 2 nitrogen and oxygen atoms in total. The Labute approximate surface area is 115 Å². The molecule has 1 heterocycles. The Kier molecular flexibility index (Phi) is 4.69. The molecular formula is C17H21NO. The van der Waals surface area contributed by atoms with Crippen LogP contribution in [0.15, 0.2) is 42.6 Å². The Bertz CT molecular complexity index is 502. The third kappa shape index (κ3) is 4.49. The third-order valence-corrected chi connectivity index (χ3v) is 3.30. The van der Waals surface area contributed by atoms with E-state index in [-0.39, 0.29) is 6.10 Å². The van der Waals surface area contributed by atoms with Crippen LogP contribution in [0.3, 0.4) is 0 Å². The molecule has 100 valence electrons. The predicted octanol–water partition coefficient (Wildman–Crippen LogP) is 3.23. The van der Waals surface area contributed by atoms with Crippen molar-refractivity contribution in [3.63, 3.8) is 0 Å². The fraction of sp³-hybridized carbons (Fsp3) is 0.353. The largest absolute Gasteiger partial charge is 0.393 e. The zero-order chi connectivity index (χ0) is 13.7. The van der Waals surface area contributed by atoms with Crippen LogP contribution in [-0.4, -0.2) is 16.2 Å². The van der Waals surface area contributed by atoms with E-state index >= 15 is 0 Å². The van der Waals surface area contributed by atoms with Gasteiger partial charge in [-0.05, 0) is 43.9 Å². The van der Waals surface area contributed by atoms with Crippen molar-refractivity contribution in [3.05, 3.63) is 65.0 Å². The zero-order valence-corrected chi connectivity index (χ0v) is 11.6. The molecule has 1 aromatic heterocycles. The lowest BCUT2D eigenvalue weighted by molar-refractivity contribution is 0.164. The summed E-state index contributed by atoms with van der Waals surface area (Å²) >= 11 is 0. The summed E-state index contributed by atoms with van der Waals surface area (Å²) in [5.41, 5.74) is 4.66. The fourth-order valence-electron chi connectivity index (χ4n) is 2.05. The summed E-state index contributed by atoms with van der Waals surface area (Å²) in [5, 5.41) is 10.0. The van der Waals surface area contributed by atoms with Crippen molar-refractivity contribution in [2.45, 2.75) is 39.2 Å². The van der Waals surface area contributed by atoms with Gasteiger partial charge in [0.05, 0.1) is 6.10 Å². The van der Waals surface area contributed by atoms with Crippen molar-refractivity contribution in [2.24, 2.45) is 0 Å². The van der Waals surface area contributed by atoms with Gasteiger partial charge in [-0.25, -0.2) is 0 Å². The number of nitrogens with zero attached hydrogens (tertiary/aromatic N) is 1. The van der Waals surface area contributed by atoms with E-state index in [1.807, 2.05) is 25.3 Å². The van der Waals surface area contributed by atoms with Gasteiger partial charge in [0, 0.05) is 18.3 Å². The maximum atomic E-state index is 10.0. The molecule has 0 aliphatic carbocycles. The standard InChI is InChI=1S/C17H21NO/c1-13-3-6-15(7-4-13)8-10-17(19)11-16-9-5-14(2)12-18-16/h3-7,9,12,17,19H,8,10-11H2,1-2H3. The molecule has 1 unspecified atom stereocenters. The minimum Gasteiger partial charge on any atom is -0.393 e. The van der Waals surface area contributed by atoms with E-state index < -0.39 is 0 Å². The smallest absolute Gasteiger partial charge is 0.0598 e. The second-order valence-electron chi connectivity index (χ2n) is 5.21. The number of hydrogen-bond acceptors (Lipinski definition) is 2. The summed E-state index contributed by atoms with van der Waals surface area (Å²) < 4.78 is 0. The average Bonchev–Trinajstić information content (AvgIpc) is 2.41. The lowest BCUT2D eigenvalue weighted by Gasteiger charge is -2.10. The van der Waals surface area contributed by atoms with E-state index in [0.717, 1.165) is 24.1 Å². The molecule has 1 N–H and O–H groups in total. The number of aliphatic hydroxyl groups is 1. The number of aliphatic hydroxyl groups excluding tert-OH is 1. The summed E-state index contributed by atoms with van der Waals surface area (Å²) in [6.45, 7) is 4.10. The molecule has 2 aromatic rings. The molecule has 0 saturated heterocycles. The highest BCUT2D eigenvalue weighted by Gasteiger charge is 2.07. The van der Waals surface area contributed by atoms with Crippen LogP contribution in [0, 0.1) is 13.8 Å². The number of aryl methyl sites for hydroxylation is 3. The summed E-state index contributed by atoms with van der Waals surface area (Å²) in [4.78, 5) is 4.32. The van der Waals surface area contributed by atoms with Crippen LogP contribution < -0.4 is 0 Å². The van der Waals surface area contributed by atoms with Gasteiger partial charge in [0.1, 0.15) is 0 Å². The number of rotatable bonds is 5. The molecule has 0 saturated carbocycles. The molecule has 0 bridgehead atoms. The zero-order valence-electron chi connectivity index (χ0n) is 11.6. The molecule has 0 aliphatic rings. The van der Waals surface area contributed by atoms with E-state index in [0.29, 0.717) is 6.42 Å². The highest BCUT2D eigenvalue weighted by atomic mass is 16.3. The quantitative estimate of drug-likeness (QED) is 0.889. The van der Waals surface area contributed by atoms with Gasteiger partial charge >= 0.3 is 0 Å². The molecule has 2 heteroatoms. The molecule has 1 atom stereocenters. The molecule has 0 radical (unpaired) electrons.